The molecule has 0 amide bonds. The fourth-order valence-electron chi connectivity index (χ4n) is 1.29. The van der Waals surface area contributed by atoms with Gasteiger partial charge in [-0.3, -0.25) is 4.98 Å². The molecule has 1 heterocycles. The highest BCUT2D eigenvalue weighted by atomic mass is 15.1. The van der Waals surface area contributed by atoms with Gasteiger partial charge in [-0.2, -0.15) is 0 Å². The molecule has 84 valence electrons. The maximum atomic E-state index is 4.53. The maximum Gasteiger partial charge on any atom is 0.137 e. The van der Waals surface area contributed by atoms with E-state index >= 15 is 0 Å². The third-order valence-corrected chi connectivity index (χ3v) is 1.98. The number of aromatic nitrogens is 1. The van der Waals surface area contributed by atoms with E-state index in [4.69, 9.17) is 0 Å². The summed E-state index contributed by atoms with van der Waals surface area (Å²) in [6.45, 7) is 5.60. The highest BCUT2D eigenvalue weighted by Gasteiger charge is 2.05. The SMILES string of the molecule is C=C/C=C(\C)N=C(c1cccnc1)N(C)C. The van der Waals surface area contributed by atoms with Gasteiger partial charge in [0.1, 0.15) is 5.84 Å². The van der Waals surface area contributed by atoms with Crippen molar-refractivity contribution in [2.24, 2.45) is 4.99 Å². The minimum atomic E-state index is 0.892. The van der Waals surface area contributed by atoms with Crippen molar-refractivity contribution in [3.63, 3.8) is 0 Å². The number of hydrogen-bond acceptors (Lipinski definition) is 2. The molecule has 1 aromatic heterocycles. The Morgan fingerprint density at radius 3 is 2.75 bits per heavy atom. The van der Waals surface area contributed by atoms with Gasteiger partial charge in [0.2, 0.25) is 0 Å². The standard InChI is InChI=1S/C13H17N3/c1-5-7-11(2)15-13(16(3)4)12-8-6-9-14-10-12/h5-10H,1H2,2-4H3/b11-7+,15-13?. The van der Waals surface area contributed by atoms with Gasteiger partial charge in [0.05, 0.1) is 0 Å². The lowest BCUT2D eigenvalue weighted by atomic mass is 10.2. The number of aliphatic imine (C=N–C) groups is 1. The molecule has 3 heteroatoms. The Morgan fingerprint density at radius 1 is 1.50 bits per heavy atom. The second-order valence-electron chi connectivity index (χ2n) is 3.62. The molecule has 0 aliphatic heterocycles. The molecule has 0 aromatic carbocycles. The molecule has 0 radical (unpaired) electrons. The molecule has 1 aromatic rings. The number of hydrogen-bond donors (Lipinski definition) is 0. The molecule has 0 fully saturated rings. The van der Waals surface area contributed by atoms with E-state index in [-0.39, 0.29) is 0 Å². The van der Waals surface area contributed by atoms with Crippen LogP contribution in [-0.4, -0.2) is 29.8 Å². The summed E-state index contributed by atoms with van der Waals surface area (Å²) in [6, 6.07) is 3.90. The van der Waals surface area contributed by atoms with Gasteiger partial charge < -0.3 is 4.90 Å². The minimum absolute atomic E-state index is 0.892. The van der Waals surface area contributed by atoms with Crippen LogP contribution in [0.3, 0.4) is 0 Å². The van der Waals surface area contributed by atoms with Gasteiger partial charge >= 0.3 is 0 Å². The smallest absolute Gasteiger partial charge is 0.137 e. The van der Waals surface area contributed by atoms with E-state index in [1.165, 1.54) is 0 Å². The van der Waals surface area contributed by atoms with Crippen LogP contribution in [0.2, 0.25) is 0 Å². The van der Waals surface area contributed by atoms with Crippen molar-refractivity contribution in [2.75, 3.05) is 14.1 Å². The van der Waals surface area contributed by atoms with Crippen LogP contribution < -0.4 is 0 Å². The second kappa shape index (κ2) is 5.85. The van der Waals surface area contributed by atoms with Gasteiger partial charge in [-0.15, -0.1) is 0 Å². The molecule has 0 unspecified atom stereocenters. The zero-order valence-corrected chi connectivity index (χ0v) is 10.0. The van der Waals surface area contributed by atoms with Crippen LogP contribution in [0.5, 0.6) is 0 Å². The molecule has 0 aliphatic carbocycles. The molecule has 16 heavy (non-hydrogen) atoms. The van der Waals surface area contributed by atoms with Crippen molar-refractivity contribution < 1.29 is 0 Å². The number of allylic oxidation sites excluding steroid dienone is 3. The first-order valence-corrected chi connectivity index (χ1v) is 5.11. The summed E-state index contributed by atoms with van der Waals surface area (Å²) in [6.07, 6.45) is 7.17. The average Bonchev–Trinajstić information content (AvgIpc) is 2.27. The topological polar surface area (TPSA) is 28.5 Å². The lowest BCUT2D eigenvalue weighted by Gasteiger charge is -2.15. The summed E-state index contributed by atoms with van der Waals surface area (Å²) in [5.74, 6) is 0.892. The van der Waals surface area contributed by atoms with Crippen LogP contribution in [0.15, 0.2) is 53.9 Å². The van der Waals surface area contributed by atoms with Gasteiger partial charge in [0.15, 0.2) is 0 Å². The highest BCUT2D eigenvalue weighted by molar-refractivity contribution is 5.98. The summed E-state index contributed by atoms with van der Waals surface area (Å²) >= 11 is 0. The van der Waals surface area contributed by atoms with E-state index in [2.05, 4.69) is 16.6 Å². The quantitative estimate of drug-likeness (QED) is 0.440. The Bertz CT molecular complexity index is 402. The predicted molar refractivity (Wildman–Crippen MR) is 68.4 cm³/mol. The van der Waals surface area contributed by atoms with Gasteiger partial charge in [-0.05, 0) is 25.1 Å². The van der Waals surface area contributed by atoms with Crippen molar-refractivity contribution >= 4 is 5.84 Å². The van der Waals surface area contributed by atoms with Gasteiger partial charge in [-0.25, -0.2) is 4.99 Å². The van der Waals surface area contributed by atoms with E-state index in [1.54, 1.807) is 18.5 Å². The van der Waals surface area contributed by atoms with Gasteiger partial charge in [0.25, 0.3) is 0 Å². The van der Waals surface area contributed by atoms with E-state index in [1.807, 2.05) is 44.1 Å². The third kappa shape index (κ3) is 3.35. The Hall–Kier alpha value is -1.90. The summed E-state index contributed by atoms with van der Waals surface area (Å²) in [4.78, 5) is 10.6. The first kappa shape index (κ1) is 12.2. The molecule has 0 spiro atoms. The summed E-state index contributed by atoms with van der Waals surface area (Å²) in [5.41, 5.74) is 1.92. The number of pyridine rings is 1. The van der Waals surface area contributed by atoms with E-state index in [0.29, 0.717) is 0 Å². The van der Waals surface area contributed by atoms with Crippen molar-refractivity contribution in [1.29, 1.82) is 0 Å². The first-order chi connectivity index (χ1) is 7.65. The van der Waals surface area contributed by atoms with Crippen molar-refractivity contribution in [2.45, 2.75) is 6.92 Å². The van der Waals surface area contributed by atoms with E-state index < -0.39 is 0 Å². The van der Waals surface area contributed by atoms with Crippen LogP contribution >= 0.6 is 0 Å². The lowest BCUT2D eigenvalue weighted by Crippen LogP contribution is -2.23. The normalized spacial score (nSPS) is 12.4. The van der Waals surface area contributed by atoms with E-state index in [0.717, 1.165) is 17.1 Å². The Balaban J connectivity index is 3.10. The van der Waals surface area contributed by atoms with Crippen LogP contribution in [0.25, 0.3) is 0 Å². The van der Waals surface area contributed by atoms with Crippen molar-refractivity contribution in [3.05, 3.63) is 54.5 Å². The Morgan fingerprint density at radius 2 is 2.25 bits per heavy atom. The molecule has 0 saturated carbocycles. The summed E-state index contributed by atoms with van der Waals surface area (Å²) in [7, 11) is 3.93. The molecule has 0 bridgehead atoms. The van der Waals surface area contributed by atoms with Crippen LogP contribution in [0.4, 0.5) is 0 Å². The molecule has 0 N–H and O–H groups in total. The largest absolute Gasteiger partial charge is 0.362 e. The molecule has 3 nitrogen and oxygen atoms in total. The van der Waals surface area contributed by atoms with Gasteiger partial charge in [0, 0.05) is 37.7 Å². The fraction of sp³-hybridized carbons (Fsp3) is 0.231. The van der Waals surface area contributed by atoms with Crippen molar-refractivity contribution in [1.82, 2.24) is 9.88 Å². The highest BCUT2D eigenvalue weighted by Crippen LogP contribution is 2.05. The predicted octanol–water partition coefficient (Wildman–Crippen LogP) is 2.48. The molecule has 0 saturated heterocycles. The average molecular weight is 215 g/mol. The summed E-state index contributed by atoms with van der Waals surface area (Å²) in [5, 5.41) is 0. The minimum Gasteiger partial charge on any atom is -0.362 e. The maximum absolute atomic E-state index is 4.53. The number of nitrogens with zero attached hydrogens (tertiary/aromatic N) is 3. The molecule has 0 atom stereocenters. The fourth-order valence-corrected chi connectivity index (χ4v) is 1.29. The summed E-state index contributed by atoms with van der Waals surface area (Å²) < 4.78 is 0. The Kier molecular flexibility index (Phi) is 4.45. The van der Waals surface area contributed by atoms with Crippen LogP contribution in [0, 0.1) is 0 Å². The van der Waals surface area contributed by atoms with Crippen LogP contribution in [0.1, 0.15) is 12.5 Å². The van der Waals surface area contributed by atoms with E-state index in [9.17, 15) is 0 Å². The first-order valence-electron chi connectivity index (χ1n) is 5.11. The third-order valence-electron chi connectivity index (χ3n) is 1.98. The number of amidine groups is 1. The monoisotopic (exact) mass is 215 g/mol. The van der Waals surface area contributed by atoms with Crippen LogP contribution in [-0.2, 0) is 0 Å². The zero-order chi connectivity index (χ0) is 12.0. The van der Waals surface area contributed by atoms with Gasteiger partial charge in [-0.1, -0.05) is 12.7 Å². The number of rotatable bonds is 3. The zero-order valence-electron chi connectivity index (χ0n) is 10.0. The second-order valence-corrected chi connectivity index (χ2v) is 3.62. The molecular formula is C13H17N3. The lowest BCUT2D eigenvalue weighted by molar-refractivity contribution is 0.622. The Labute approximate surface area is 96.8 Å². The molecule has 0 aliphatic rings. The van der Waals surface area contributed by atoms with Crippen molar-refractivity contribution in [3.8, 4) is 0 Å². The molecule has 1 rings (SSSR count). The molecular weight excluding hydrogens is 198 g/mol.